The smallest absolute Gasteiger partial charge is 0.269 e. The molecule has 0 aliphatic rings. The number of benzene rings is 3. The Morgan fingerprint density at radius 1 is 0.821 bits per heavy atom. The molecule has 3 aromatic rings. The number of nitro benzene ring substituents is 1. The average molecular weight is 375 g/mol. The van der Waals surface area contributed by atoms with Crippen LogP contribution in [0.2, 0.25) is 0 Å². The molecular formula is C21H17N3O4. The van der Waals surface area contributed by atoms with Crippen molar-refractivity contribution in [1.29, 1.82) is 0 Å². The van der Waals surface area contributed by atoms with Gasteiger partial charge in [-0.3, -0.25) is 19.7 Å². The number of non-ortho nitro benzene ring substituents is 1. The van der Waals surface area contributed by atoms with Crippen molar-refractivity contribution in [3.05, 3.63) is 106 Å². The van der Waals surface area contributed by atoms with E-state index in [1.807, 2.05) is 30.3 Å². The number of nitrogens with zero attached hydrogens (tertiary/aromatic N) is 1. The third-order valence-corrected chi connectivity index (χ3v) is 4.02. The van der Waals surface area contributed by atoms with Crippen LogP contribution in [0.25, 0.3) is 0 Å². The molecule has 0 aromatic heterocycles. The number of amides is 2. The molecule has 7 heteroatoms. The van der Waals surface area contributed by atoms with Crippen LogP contribution >= 0.6 is 0 Å². The van der Waals surface area contributed by atoms with E-state index >= 15 is 0 Å². The molecule has 0 aliphatic carbocycles. The molecule has 0 saturated heterocycles. The molecule has 140 valence electrons. The molecule has 0 spiro atoms. The number of hydrogen-bond acceptors (Lipinski definition) is 4. The predicted octanol–water partition coefficient (Wildman–Crippen LogP) is 3.78. The van der Waals surface area contributed by atoms with E-state index in [4.69, 9.17) is 0 Å². The Bertz CT molecular complexity index is 1000. The van der Waals surface area contributed by atoms with E-state index in [0.29, 0.717) is 17.8 Å². The summed E-state index contributed by atoms with van der Waals surface area (Å²) >= 11 is 0. The Kier molecular flexibility index (Phi) is 5.76. The maximum atomic E-state index is 12.3. The summed E-state index contributed by atoms with van der Waals surface area (Å²) in [6, 6.07) is 21.4. The highest BCUT2D eigenvalue weighted by molar-refractivity contribution is 6.05. The SMILES string of the molecule is O=C(NCc1ccccc1)c1cccc(NC(=O)c2ccc([N+](=O)[O-])cc2)c1. The highest BCUT2D eigenvalue weighted by Gasteiger charge is 2.11. The zero-order valence-corrected chi connectivity index (χ0v) is 14.8. The van der Waals surface area contributed by atoms with Crippen molar-refractivity contribution in [3.63, 3.8) is 0 Å². The quantitative estimate of drug-likeness (QED) is 0.506. The Balaban J connectivity index is 1.64. The largest absolute Gasteiger partial charge is 0.348 e. The van der Waals surface area contributed by atoms with Gasteiger partial charge in [0.15, 0.2) is 0 Å². The highest BCUT2D eigenvalue weighted by Crippen LogP contribution is 2.15. The molecule has 7 nitrogen and oxygen atoms in total. The van der Waals surface area contributed by atoms with Crippen LogP contribution in [-0.4, -0.2) is 16.7 Å². The molecule has 0 fully saturated rings. The van der Waals surface area contributed by atoms with Crippen molar-refractivity contribution >= 4 is 23.2 Å². The summed E-state index contributed by atoms with van der Waals surface area (Å²) in [7, 11) is 0. The number of nitro groups is 1. The first-order chi connectivity index (χ1) is 13.5. The van der Waals surface area contributed by atoms with Gasteiger partial charge in [-0.05, 0) is 35.9 Å². The van der Waals surface area contributed by atoms with Gasteiger partial charge in [-0.2, -0.15) is 0 Å². The van der Waals surface area contributed by atoms with Crippen LogP contribution in [0.15, 0.2) is 78.9 Å². The van der Waals surface area contributed by atoms with Crippen molar-refractivity contribution in [1.82, 2.24) is 5.32 Å². The monoisotopic (exact) mass is 375 g/mol. The van der Waals surface area contributed by atoms with Crippen molar-refractivity contribution < 1.29 is 14.5 Å². The van der Waals surface area contributed by atoms with Crippen LogP contribution in [0.3, 0.4) is 0 Å². The van der Waals surface area contributed by atoms with Gasteiger partial charge in [0.1, 0.15) is 0 Å². The van der Waals surface area contributed by atoms with E-state index in [1.54, 1.807) is 24.3 Å². The summed E-state index contributed by atoms with van der Waals surface area (Å²) in [5.74, 6) is -0.674. The van der Waals surface area contributed by atoms with Gasteiger partial charge in [0, 0.05) is 35.5 Å². The maximum Gasteiger partial charge on any atom is 0.269 e. The van der Waals surface area contributed by atoms with Gasteiger partial charge in [-0.15, -0.1) is 0 Å². The van der Waals surface area contributed by atoms with E-state index in [0.717, 1.165) is 5.56 Å². The zero-order valence-electron chi connectivity index (χ0n) is 14.8. The second kappa shape index (κ2) is 8.59. The summed E-state index contributed by atoms with van der Waals surface area (Å²) in [5, 5.41) is 16.2. The van der Waals surface area contributed by atoms with Crippen LogP contribution in [0, 0.1) is 10.1 Å². The molecule has 0 atom stereocenters. The summed E-state index contributed by atoms with van der Waals surface area (Å²) < 4.78 is 0. The number of rotatable bonds is 6. The van der Waals surface area contributed by atoms with Gasteiger partial charge in [0.2, 0.25) is 0 Å². The minimum Gasteiger partial charge on any atom is -0.348 e. The highest BCUT2D eigenvalue weighted by atomic mass is 16.6. The predicted molar refractivity (Wildman–Crippen MR) is 105 cm³/mol. The summed E-state index contributed by atoms with van der Waals surface area (Å²) in [6.45, 7) is 0.402. The second-order valence-corrected chi connectivity index (χ2v) is 6.01. The minimum absolute atomic E-state index is 0.0892. The molecule has 0 aliphatic heterocycles. The Morgan fingerprint density at radius 3 is 2.21 bits per heavy atom. The first-order valence-electron chi connectivity index (χ1n) is 8.51. The van der Waals surface area contributed by atoms with Gasteiger partial charge in [0.25, 0.3) is 17.5 Å². The standard InChI is InChI=1S/C21H17N3O4/c25-20(22-14-15-5-2-1-3-6-15)17-7-4-8-18(13-17)23-21(26)16-9-11-19(12-10-16)24(27)28/h1-13H,14H2,(H,22,25)(H,23,26). The molecular weight excluding hydrogens is 358 g/mol. The van der Waals surface area contributed by atoms with Crippen molar-refractivity contribution in [2.24, 2.45) is 0 Å². The molecule has 0 bridgehead atoms. The third-order valence-electron chi connectivity index (χ3n) is 4.02. The number of nitrogens with one attached hydrogen (secondary N) is 2. The summed E-state index contributed by atoms with van der Waals surface area (Å²) in [4.78, 5) is 34.8. The molecule has 0 unspecified atom stereocenters. The average Bonchev–Trinajstić information content (AvgIpc) is 2.73. The van der Waals surface area contributed by atoms with Crippen molar-refractivity contribution in [2.45, 2.75) is 6.54 Å². The zero-order chi connectivity index (χ0) is 19.9. The fraction of sp³-hybridized carbons (Fsp3) is 0.0476. The lowest BCUT2D eigenvalue weighted by Crippen LogP contribution is -2.23. The fourth-order valence-electron chi connectivity index (χ4n) is 2.56. The third kappa shape index (κ3) is 4.79. The van der Waals surface area contributed by atoms with Crippen LogP contribution in [0.5, 0.6) is 0 Å². The molecule has 2 N–H and O–H groups in total. The molecule has 28 heavy (non-hydrogen) atoms. The topological polar surface area (TPSA) is 101 Å². The van der Waals surface area contributed by atoms with Crippen LogP contribution in [0.1, 0.15) is 26.3 Å². The molecule has 2 amide bonds. The Morgan fingerprint density at radius 2 is 1.54 bits per heavy atom. The van der Waals surface area contributed by atoms with E-state index < -0.39 is 10.8 Å². The summed E-state index contributed by atoms with van der Waals surface area (Å²) in [6.07, 6.45) is 0. The van der Waals surface area contributed by atoms with E-state index in [1.165, 1.54) is 24.3 Å². The number of anilines is 1. The normalized spacial score (nSPS) is 10.1. The van der Waals surface area contributed by atoms with Gasteiger partial charge in [-0.1, -0.05) is 36.4 Å². The molecule has 3 rings (SSSR count). The van der Waals surface area contributed by atoms with Gasteiger partial charge >= 0.3 is 0 Å². The summed E-state index contributed by atoms with van der Waals surface area (Å²) in [5.41, 5.74) is 2.05. The minimum atomic E-state index is -0.529. The van der Waals surface area contributed by atoms with Crippen molar-refractivity contribution in [2.75, 3.05) is 5.32 Å². The molecule has 3 aromatic carbocycles. The van der Waals surface area contributed by atoms with Crippen LogP contribution in [-0.2, 0) is 6.54 Å². The molecule has 0 radical (unpaired) electrons. The van der Waals surface area contributed by atoms with E-state index in [9.17, 15) is 19.7 Å². The Labute approximate surface area is 161 Å². The Hall–Kier alpha value is -4.00. The molecule has 0 saturated carbocycles. The van der Waals surface area contributed by atoms with Crippen LogP contribution in [0.4, 0.5) is 11.4 Å². The van der Waals surface area contributed by atoms with Crippen LogP contribution < -0.4 is 10.6 Å². The number of hydrogen-bond donors (Lipinski definition) is 2. The lowest BCUT2D eigenvalue weighted by molar-refractivity contribution is -0.384. The molecule has 0 heterocycles. The maximum absolute atomic E-state index is 12.3. The lowest BCUT2D eigenvalue weighted by atomic mass is 10.1. The van der Waals surface area contributed by atoms with Crippen molar-refractivity contribution in [3.8, 4) is 0 Å². The van der Waals surface area contributed by atoms with Gasteiger partial charge in [-0.25, -0.2) is 0 Å². The first kappa shape index (κ1) is 18.8. The van der Waals surface area contributed by atoms with Gasteiger partial charge < -0.3 is 10.6 Å². The van der Waals surface area contributed by atoms with E-state index in [-0.39, 0.29) is 17.2 Å². The number of carbonyl (C=O) groups excluding carboxylic acids is 2. The number of carbonyl (C=O) groups is 2. The fourth-order valence-corrected chi connectivity index (χ4v) is 2.56. The van der Waals surface area contributed by atoms with Gasteiger partial charge in [0.05, 0.1) is 4.92 Å². The lowest BCUT2D eigenvalue weighted by Gasteiger charge is -2.09. The van der Waals surface area contributed by atoms with E-state index in [2.05, 4.69) is 10.6 Å². The second-order valence-electron chi connectivity index (χ2n) is 6.01. The first-order valence-corrected chi connectivity index (χ1v) is 8.51.